The summed E-state index contributed by atoms with van der Waals surface area (Å²) in [5.74, 6) is 0.899. The number of guanidine groups is 1. The third-order valence-corrected chi connectivity index (χ3v) is 4.14. The number of likely N-dealkylation sites (tertiary alicyclic amines) is 1. The second-order valence-corrected chi connectivity index (χ2v) is 6.43. The van der Waals surface area contributed by atoms with Crippen molar-refractivity contribution >= 4 is 5.96 Å². The van der Waals surface area contributed by atoms with Crippen LogP contribution >= 0.6 is 0 Å². The Balaban J connectivity index is 2.03. The summed E-state index contributed by atoms with van der Waals surface area (Å²) in [6.07, 6.45) is 6.60. The second kappa shape index (κ2) is 11.7. The van der Waals surface area contributed by atoms with Crippen LogP contribution in [-0.4, -0.2) is 62.8 Å². The molecule has 2 N–H and O–H groups in total. The summed E-state index contributed by atoms with van der Waals surface area (Å²) >= 11 is 0. The zero-order valence-corrected chi connectivity index (χ0v) is 15.0. The molecule has 1 saturated heterocycles. The summed E-state index contributed by atoms with van der Waals surface area (Å²) < 4.78 is 5.53. The van der Waals surface area contributed by atoms with Gasteiger partial charge in [0.15, 0.2) is 5.96 Å². The molecule has 1 atom stereocenters. The largest absolute Gasteiger partial charge is 0.379 e. The number of piperidine rings is 1. The molecule has 1 fully saturated rings. The van der Waals surface area contributed by atoms with E-state index in [2.05, 4.69) is 41.3 Å². The van der Waals surface area contributed by atoms with E-state index in [1.54, 1.807) is 0 Å². The van der Waals surface area contributed by atoms with E-state index in [0.717, 1.165) is 38.1 Å². The Bertz CT molecular complexity index is 307. The smallest absolute Gasteiger partial charge is 0.190 e. The highest BCUT2D eigenvalue weighted by atomic mass is 16.5. The first-order valence-corrected chi connectivity index (χ1v) is 8.93. The van der Waals surface area contributed by atoms with Crippen LogP contribution in [0.5, 0.6) is 0 Å². The van der Waals surface area contributed by atoms with Crippen molar-refractivity contribution in [2.45, 2.75) is 65.0 Å². The molecular weight excluding hydrogens is 276 g/mol. The molecule has 22 heavy (non-hydrogen) atoms. The maximum absolute atomic E-state index is 5.53. The van der Waals surface area contributed by atoms with Crippen LogP contribution in [0, 0.1) is 0 Å². The van der Waals surface area contributed by atoms with Crippen molar-refractivity contribution in [2.75, 3.05) is 39.8 Å². The number of hydrogen-bond donors (Lipinski definition) is 2. The summed E-state index contributed by atoms with van der Waals surface area (Å²) in [4.78, 5) is 6.88. The zero-order chi connectivity index (χ0) is 16.2. The van der Waals surface area contributed by atoms with E-state index in [9.17, 15) is 0 Å². The molecule has 5 nitrogen and oxygen atoms in total. The quantitative estimate of drug-likeness (QED) is 0.389. The van der Waals surface area contributed by atoms with Crippen LogP contribution in [0.3, 0.4) is 0 Å². The summed E-state index contributed by atoms with van der Waals surface area (Å²) in [6.45, 7) is 11.6. The van der Waals surface area contributed by atoms with Crippen LogP contribution in [0.25, 0.3) is 0 Å². The minimum Gasteiger partial charge on any atom is -0.379 e. The molecule has 0 amide bonds. The van der Waals surface area contributed by atoms with Gasteiger partial charge in [-0.15, -0.1) is 0 Å². The molecule has 5 heteroatoms. The highest BCUT2D eigenvalue weighted by Gasteiger charge is 2.16. The van der Waals surface area contributed by atoms with Crippen LogP contribution in [0.15, 0.2) is 4.99 Å². The third kappa shape index (κ3) is 8.59. The van der Waals surface area contributed by atoms with Crippen molar-refractivity contribution in [1.82, 2.24) is 15.5 Å². The standard InChI is InChI=1S/C17H36N4O/c1-15(2)22-14-8-11-20-17(18-4)19-10-7-13-21-12-6-5-9-16(21)3/h15-16H,5-14H2,1-4H3,(H2,18,19,20). The molecule has 1 rings (SSSR count). The first-order valence-electron chi connectivity index (χ1n) is 8.93. The lowest BCUT2D eigenvalue weighted by Crippen LogP contribution is -2.41. The molecule has 1 heterocycles. The molecule has 0 aliphatic carbocycles. The van der Waals surface area contributed by atoms with Crippen LogP contribution in [-0.2, 0) is 4.74 Å². The minimum atomic E-state index is 0.314. The molecule has 1 unspecified atom stereocenters. The van der Waals surface area contributed by atoms with Crippen molar-refractivity contribution in [3.8, 4) is 0 Å². The normalized spacial score (nSPS) is 20.4. The molecule has 0 aromatic carbocycles. The Morgan fingerprint density at radius 3 is 2.59 bits per heavy atom. The fourth-order valence-electron chi connectivity index (χ4n) is 2.80. The van der Waals surface area contributed by atoms with Gasteiger partial charge in [-0.1, -0.05) is 6.42 Å². The highest BCUT2D eigenvalue weighted by Crippen LogP contribution is 2.15. The molecule has 1 aliphatic heterocycles. The Hall–Kier alpha value is -0.810. The second-order valence-electron chi connectivity index (χ2n) is 6.43. The summed E-state index contributed by atoms with van der Waals surface area (Å²) in [5.41, 5.74) is 0. The van der Waals surface area contributed by atoms with Gasteiger partial charge in [0.25, 0.3) is 0 Å². The van der Waals surface area contributed by atoms with Crippen LogP contribution in [0.1, 0.15) is 52.9 Å². The van der Waals surface area contributed by atoms with E-state index in [1.165, 1.54) is 38.8 Å². The molecule has 130 valence electrons. The first kappa shape index (κ1) is 19.2. The van der Waals surface area contributed by atoms with E-state index < -0.39 is 0 Å². The first-order chi connectivity index (χ1) is 10.6. The lowest BCUT2D eigenvalue weighted by molar-refractivity contribution is 0.0776. The van der Waals surface area contributed by atoms with Gasteiger partial charge < -0.3 is 20.3 Å². The Morgan fingerprint density at radius 1 is 1.23 bits per heavy atom. The van der Waals surface area contributed by atoms with Crippen molar-refractivity contribution in [1.29, 1.82) is 0 Å². The third-order valence-electron chi connectivity index (χ3n) is 4.14. The number of nitrogens with one attached hydrogen (secondary N) is 2. The van der Waals surface area contributed by atoms with E-state index in [1.807, 2.05) is 7.05 Å². The number of hydrogen-bond acceptors (Lipinski definition) is 3. The van der Waals surface area contributed by atoms with Gasteiger partial charge in [-0.05, 0) is 53.0 Å². The van der Waals surface area contributed by atoms with Crippen molar-refractivity contribution in [3.05, 3.63) is 0 Å². The number of rotatable bonds is 9. The Labute approximate surface area is 136 Å². The highest BCUT2D eigenvalue weighted by molar-refractivity contribution is 5.79. The average molecular weight is 313 g/mol. The molecule has 0 radical (unpaired) electrons. The predicted octanol–water partition coefficient (Wildman–Crippen LogP) is 2.23. The van der Waals surface area contributed by atoms with Crippen molar-refractivity contribution in [3.63, 3.8) is 0 Å². The number of nitrogens with zero attached hydrogens (tertiary/aromatic N) is 2. The summed E-state index contributed by atoms with van der Waals surface area (Å²) in [6, 6.07) is 0.757. The maximum Gasteiger partial charge on any atom is 0.190 e. The summed E-state index contributed by atoms with van der Waals surface area (Å²) in [7, 11) is 1.83. The average Bonchev–Trinajstić information content (AvgIpc) is 2.50. The maximum atomic E-state index is 5.53. The van der Waals surface area contributed by atoms with Gasteiger partial charge in [-0.3, -0.25) is 4.99 Å². The van der Waals surface area contributed by atoms with E-state index in [0.29, 0.717) is 6.10 Å². The molecule has 0 saturated carbocycles. The van der Waals surface area contributed by atoms with E-state index in [-0.39, 0.29) is 0 Å². The number of ether oxygens (including phenoxy) is 1. The SMILES string of the molecule is CN=C(NCCCOC(C)C)NCCCN1CCCCC1C. The van der Waals surface area contributed by atoms with Crippen molar-refractivity contribution < 1.29 is 4.74 Å². The lowest BCUT2D eigenvalue weighted by atomic mass is 10.0. The zero-order valence-electron chi connectivity index (χ0n) is 15.0. The Kier molecular flexibility index (Phi) is 10.2. The molecule has 0 bridgehead atoms. The van der Waals surface area contributed by atoms with Crippen LogP contribution in [0.2, 0.25) is 0 Å². The van der Waals surface area contributed by atoms with Gasteiger partial charge in [0.05, 0.1) is 6.10 Å². The lowest BCUT2D eigenvalue weighted by Gasteiger charge is -2.33. The fraction of sp³-hybridized carbons (Fsp3) is 0.941. The van der Waals surface area contributed by atoms with Crippen LogP contribution < -0.4 is 10.6 Å². The summed E-state index contributed by atoms with van der Waals surface area (Å²) in [5, 5.41) is 6.73. The monoisotopic (exact) mass is 312 g/mol. The molecule has 0 aromatic rings. The van der Waals surface area contributed by atoms with Gasteiger partial charge in [-0.25, -0.2) is 0 Å². The topological polar surface area (TPSA) is 48.9 Å². The van der Waals surface area contributed by atoms with Gasteiger partial charge in [0.2, 0.25) is 0 Å². The van der Waals surface area contributed by atoms with Crippen LogP contribution in [0.4, 0.5) is 0 Å². The minimum absolute atomic E-state index is 0.314. The van der Waals surface area contributed by atoms with E-state index in [4.69, 9.17) is 4.74 Å². The molecule has 0 spiro atoms. The van der Waals surface area contributed by atoms with Gasteiger partial charge >= 0.3 is 0 Å². The Morgan fingerprint density at radius 2 is 1.95 bits per heavy atom. The van der Waals surface area contributed by atoms with Crippen molar-refractivity contribution in [2.24, 2.45) is 4.99 Å². The van der Waals surface area contributed by atoms with Gasteiger partial charge in [0, 0.05) is 39.3 Å². The van der Waals surface area contributed by atoms with E-state index >= 15 is 0 Å². The fourth-order valence-corrected chi connectivity index (χ4v) is 2.80. The van der Waals surface area contributed by atoms with Gasteiger partial charge in [0.1, 0.15) is 0 Å². The number of aliphatic imine (C=N–C) groups is 1. The molecule has 1 aliphatic rings. The van der Waals surface area contributed by atoms with Gasteiger partial charge in [-0.2, -0.15) is 0 Å². The molecule has 0 aromatic heterocycles. The predicted molar refractivity (Wildman–Crippen MR) is 94.6 cm³/mol. The molecular formula is C17H36N4O.